The van der Waals surface area contributed by atoms with E-state index < -0.39 is 0 Å². The van der Waals surface area contributed by atoms with Crippen LogP contribution in [0.15, 0.2) is 43.4 Å². The molecule has 2 heterocycles. The highest BCUT2D eigenvalue weighted by Crippen LogP contribution is 2.29. The highest BCUT2D eigenvalue weighted by atomic mass is 14.9. The van der Waals surface area contributed by atoms with Gasteiger partial charge in [-0.25, -0.2) is 0 Å². The molecule has 21 heavy (non-hydrogen) atoms. The molecule has 2 aliphatic rings. The van der Waals surface area contributed by atoms with Gasteiger partial charge in [0.05, 0.1) is 16.6 Å². The third-order valence-corrected chi connectivity index (χ3v) is 3.73. The fourth-order valence-corrected chi connectivity index (χ4v) is 2.03. The largest absolute Gasteiger partial charge is 0.284 e. The minimum Gasteiger partial charge on any atom is -0.284 e. The zero-order valence-corrected chi connectivity index (χ0v) is 13.8. The van der Waals surface area contributed by atoms with E-state index in [-0.39, 0.29) is 16.6 Å². The van der Waals surface area contributed by atoms with Crippen LogP contribution < -0.4 is 0 Å². The summed E-state index contributed by atoms with van der Waals surface area (Å²) in [6.07, 6.45) is 11.3. The van der Waals surface area contributed by atoms with Crippen molar-refractivity contribution in [3.05, 3.63) is 23.4 Å². The maximum absolute atomic E-state index is 4.70. The zero-order valence-electron chi connectivity index (χ0n) is 13.8. The Kier molecular flexibility index (Phi) is 3.83. The van der Waals surface area contributed by atoms with Crippen molar-refractivity contribution in [3.8, 4) is 0 Å². The van der Waals surface area contributed by atoms with E-state index in [1.54, 1.807) is 12.4 Å². The monoisotopic (exact) mass is 284 g/mol. The average molecular weight is 284 g/mol. The summed E-state index contributed by atoms with van der Waals surface area (Å²) >= 11 is 0. The average Bonchev–Trinajstić information content (AvgIpc) is 2.58. The molecule has 0 bridgehead atoms. The van der Waals surface area contributed by atoms with Crippen LogP contribution in [0.4, 0.5) is 0 Å². The van der Waals surface area contributed by atoms with Gasteiger partial charge < -0.3 is 0 Å². The maximum atomic E-state index is 4.70. The second-order valence-electron chi connectivity index (χ2n) is 7.05. The van der Waals surface area contributed by atoms with Crippen LogP contribution in [-0.4, -0.2) is 41.5 Å². The third kappa shape index (κ3) is 3.63. The molecule has 0 saturated heterocycles. The Morgan fingerprint density at radius 1 is 0.857 bits per heavy atom. The molecule has 0 radical (unpaired) electrons. The minimum atomic E-state index is -0.312. The molecule has 0 amide bonds. The summed E-state index contributed by atoms with van der Waals surface area (Å²) in [5.74, 6) is 0. The van der Waals surface area contributed by atoms with Crippen LogP contribution in [0, 0.1) is 0 Å². The van der Waals surface area contributed by atoms with Gasteiger partial charge in [-0.1, -0.05) is 0 Å². The molecule has 0 aromatic carbocycles. The van der Waals surface area contributed by atoms with E-state index in [1.165, 1.54) is 0 Å². The van der Waals surface area contributed by atoms with Crippen LogP contribution in [-0.2, 0) is 0 Å². The quantitative estimate of drug-likeness (QED) is 0.708. The van der Waals surface area contributed by atoms with Crippen LogP contribution in [0.1, 0.15) is 41.5 Å². The fraction of sp³-hybridized carbons (Fsp3) is 0.529. The van der Waals surface area contributed by atoms with Gasteiger partial charge >= 0.3 is 0 Å². The number of aliphatic imine (C=N–C) groups is 4. The van der Waals surface area contributed by atoms with Crippen molar-refractivity contribution in [3.63, 3.8) is 0 Å². The lowest BCUT2D eigenvalue weighted by Crippen LogP contribution is -2.24. The summed E-state index contributed by atoms with van der Waals surface area (Å²) in [6, 6.07) is 0. The molecular weight excluding hydrogens is 260 g/mol. The van der Waals surface area contributed by atoms with Gasteiger partial charge in [0.15, 0.2) is 0 Å². The number of rotatable bonds is 1. The van der Waals surface area contributed by atoms with Gasteiger partial charge in [-0.05, 0) is 58.8 Å². The van der Waals surface area contributed by atoms with Crippen LogP contribution in [0.3, 0.4) is 0 Å². The van der Waals surface area contributed by atoms with Crippen LogP contribution in [0.5, 0.6) is 0 Å². The predicted octanol–water partition coefficient (Wildman–Crippen LogP) is 3.44. The van der Waals surface area contributed by atoms with Gasteiger partial charge in [-0.2, -0.15) is 0 Å². The van der Waals surface area contributed by atoms with E-state index in [0.717, 1.165) is 11.1 Å². The SMILES string of the molecule is CC1(C)C=NC(C)(C)/C(=C/C2=CN=CC=NC2(C)C)C=N1. The summed E-state index contributed by atoms with van der Waals surface area (Å²) < 4.78 is 0. The topological polar surface area (TPSA) is 49.4 Å². The second-order valence-corrected chi connectivity index (χ2v) is 7.05. The molecule has 0 saturated carbocycles. The molecule has 2 rings (SSSR count). The van der Waals surface area contributed by atoms with Gasteiger partial charge in [0.25, 0.3) is 0 Å². The standard InChI is InChI=1S/C17H24N4/c1-15(2)12-21-17(5,6)14(11-20-15)9-13-10-18-7-8-19-16(13,3)4/h7-12H,1-6H3/b14-9+. The molecule has 0 atom stereocenters. The maximum Gasteiger partial charge on any atom is 0.0897 e. The third-order valence-electron chi connectivity index (χ3n) is 3.73. The predicted molar refractivity (Wildman–Crippen MR) is 92.4 cm³/mol. The molecular formula is C17H24N4. The fourth-order valence-electron chi connectivity index (χ4n) is 2.03. The van der Waals surface area contributed by atoms with Gasteiger partial charge in [0.2, 0.25) is 0 Å². The Morgan fingerprint density at radius 3 is 2.29 bits per heavy atom. The van der Waals surface area contributed by atoms with E-state index in [4.69, 9.17) is 4.99 Å². The molecule has 0 aliphatic carbocycles. The molecule has 0 N–H and O–H groups in total. The van der Waals surface area contributed by atoms with Crippen molar-refractivity contribution in [1.82, 2.24) is 0 Å². The van der Waals surface area contributed by atoms with E-state index in [1.807, 2.05) is 18.6 Å². The number of nitrogens with zero attached hydrogens (tertiary/aromatic N) is 4. The van der Waals surface area contributed by atoms with Crippen molar-refractivity contribution in [2.45, 2.75) is 58.2 Å². The molecule has 4 heteroatoms. The number of hydrogen-bond donors (Lipinski definition) is 0. The molecule has 112 valence electrons. The molecule has 0 fully saturated rings. The van der Waals surface area contributed by atoms with Crippen molar-refractivity contribution >= 4 is 24.9 Å². The molecule has 0 aromatic rings. The van der Waals surface area contributed by atoms with Gasteiger partial charge in [-0.15, -0.1) is 0 Å². The van der Waals surface area contributed by atoms with Crippen molar-refractivity contribution in [1.29, 1.82) is 0 Å². The number of hydrogen-bond acceptors (Lipinski definition) is 4. The molecule has 0 spiro atoms. The van der Waals surface area contributed by atoms with E-state index in [2.05, 4.69) is 62.6 Å². The minimum absolute atomic E-state index is 0.267. The Hall–Kier alpha value is -1.84. The Balaban J connectivity index is 2.49. The van der Waals surface area contributed by atoms with Crippen molar-refractivity contribution < 1.29 is 0 Å². The lowest BCUT2D eigenvalue weighted by molar-refractivity contribution is 0.616. The molecule has 4 nitrogen and oxygen atoms in total. The Morgan fingerprint density at radius 2 is 1.57 bits per heavy atom. The van der Waals surface area contributed by atoms with E-state index >= 15 is 0 Å². The summed E-state index contributed by atoms with van der Waals surface area (Å²) in [5, 5.41) is 0. The molecule has 2 aliphatic heterocycles. The van der Waals surface area contributed by atoms with Gasteiger partial charge in [0, 0.05) is 31.1 Å². The highest BCUT2D eigenvalue weighted by Gasteiger charge is 2.28. The summed E-state index contributed by atoms with van der Waals surface area (Å²) in [4.78, 5) is 18.1. The van der Waals surface area contributed by atoms with Gasteiger partial charge in [0.1, 0.15) is 0 Å². The first kappa shape index (κ1) is 15.5. The van der Waals surface area contributed by atoms with E-state index in [9.17, 15) is 0 Å². The normalized spacial score (nSPS) is 27.3. The first-order chi connectivity index (χ1) is 9.62. The summed E-state index contributed by atoms with van der Waals surface area (Å²) in [6.45, 7) is 12.5. The second kappa shape index (κ2) is 5.17. The van der Waals surface area contributed by atoms with Crippen LogP contribution in [0.2, 0.25) is 0 Å². The first-order valence-electron chi connectivity index (χ1n) is 7.24. The van der Waals surface area contributed by atoms with Crippen molar-refractivity contribution in [2.75, 3.05) is 0 Å². The van der Waals surface area contributed by atoms with E-state index in [0.29, 0.717) is 0 Å². The van der Waals surface area contributed by atoms with Gasteiger partial charge in [-0.3, -0.25) is 20.0 Å². The smallest absolute Gasteiger partial charge is 0.0897 e. The summed E-state index contributed by atoms with van der Waals surface area (Å²) in [5.41, 5.74) is 1.23. The molecule has 0 aromatic heterocycles. The summed E-state index contributed by atoms with van der Waals surface area (Å²) in [7, 11) is 0. The van der Waals surface area contributed by atoms with Crippen LogP contribution >= 0.6 is 0 Å². The Bertz CT molecular complexity index is 596. The molecule has 0 unspecified atom stereocenters. The first-order valence-corrected chi connectivity index (χ1v) is 7.24. The zero-order chi connectivity index (χ0) is 15.7. The lowest BCUT2D eigenvalue weighted by Gasteiger charge is -2.24. The lowest BCUT2D eigenvalue weighted by atomic mass is 9.88. The van der Waals surface area contributed by atoms with Crippen LogP contribution in [0.25, 0.3) is 0 Å². The highest BCUT2D eigenvalue weighted by molar-refractivity contribution is 6.16. The Labute approximate surface area is 127 Å². The van der Waals surface area contributed by atoms with Crippen molar-refractivity contribution in [2.24, 2.45) is 20.0 Å².